The molecule has 0 aliphatic heterocycles. The quantitative estimate of drug-likeness (QED) is 0.826. The Morgan fingerprint density at radius 2 is 2.12 bits per heavy atom. The van der Waals surface area contributed by atoms with Gasteiger partial charge in [0, 0.05) is 37.3 Å². The molecule has 0 saturated heterocycles. The lowest BCUT2D eigenvalue weighted by Crippen LogP contribution is -2.22. The van der Waals surface area contributed by atoms with Crippen LogP contribution in [0, 0.1) is 0 Å². The minimum atomic E-state index is 0.179. The maximum Gasteiger partial charge on any atom is 0.0534 e. The maximum absolute atomic E-state index is 5.99. The van der Waals surface area contributed by atoms with E-state index in [4.69, 9.17) is 11.6 Å². The summed E-state index contributed by atoms with van der Waals surface area (Å²) >= 11 is 5.99. The van der Waals surface area contributed by atoms with E-state index in [1.165, 1.54) is 11.1 Å². The third-order valence-corrected chi connectivity index (χ3v) is 2.98. The molecule has 90 valence electrons. The first-order chi connectivity index (χ1) is 8.29. The Balaban J connectivity index is 1.97. The second-order valence-corrected chi connectivity index (χ2v) is 4.33. The Morgan fingerprint density at radius 3 is 2.71 bits per heavy atom. The van der Waals surface area contributed by atoms with E-state index in [0.717, 1.165) is 6.54 Å². The minimum absolute atomic E-state index is 0.179. The van der Waals surface area contributed by atoms with Crippen LogP contribution >= 0.6 is 11.6 Å². The Hall–Kier alpha value is -1.32. The van der Waals surface area contributed by atoms with E-state index in [-0.39, 0.29) is 6.04 Å². The number of alkyl halides is 1. The summed E-state index contributed by atoms with van der Waals surface area (Å²) in [4.78, 5) is 0. The topological polar surface area (TPSA) is 29.9 Å². The smallest absolute Gasteiger partial charge is 0.0534 e. The molecule has 4 heteroatoms. The highest BCUT2D eigenvalue weighted by Crippen LogP contribution is 2.14. The van der Waals surface area contributed by atoms with Gasteiger partial charge in [0.05, 0.1) is 6.20 Å². The van der Waals surface area contributed by atoms with Gasteiger partial charge >= 0.3 is 0 Å². The highest BCUT2D eigenvalue weighted by Gasteiger charge is 2.09. The molecule has 1 atom stereocenters. The predicted molar refractivity (Wildman–Crippen MR) is 70.0 cm³/mol. The number of halogens is 1. The van der Waals surface area contributed by atoms with Crippen LogP contribution in [0.1, 0.15) is 17.2 Å². The molecule has 1 unspecified atom stereocenters. The standard InChI is InChI=1S/C13H16ClN3/c1-17-10-11(9-16-17)8-15-13(7-14)12-5-3-2-4-6-12/h2-6,9-10,13,15H,7-8H2,1H3. The van der Waals surface area contributed by atoms with Gasteiger partial charge in [0.15, 0.2) is 0 Å². The zero-order valence-electron chi connectivity index (χ0n) is 9.81. The molecule has 0 aliphatic carbocycles. The van der Waals surface area contributed by atoms with Crippen LogP contribution in [-0.2, 0) is 13.6 Å². The Kier molecular flexibility index (Phi) is 4.18. The second kappa shape index (κ2) is 5.84. The van der Waals surface area contributed by atoms with E-state index < -0.39 is 0 Å². The van der Waals surface area contributed by atoms with E-state index >= 15 is 0 Å². The van der Waals surface area contributed by atoms with E-state index in [9.17, 15) is 0 Å². The predicted octanol–water partition coefficient (Wildman–Crippen LogP) is 2.49. The fourth-order valence-electron chi connectivity index (χ4n) is 1.75. The number of nitrogens with zero attached hydrogens (tertiary/aromatic N) is 2. The summed E-state index contributed by atoms with van der Waals surface area (Å²) in [7, 11) is 1.92. The monoisotopic (exact) mass is 249 g/mol. The van der Waals surface area contributed by atoms with Crippen molar-refractivity contribution in [1.29, 1.82) is 0 Å². The number of aryl methyl sites for hydroxylation is 1. The maximum atomic E-state index is 5.99. The van der Waals surface area contributed by atoms with Gasteiger partial charge < -0.3 is 5.32 Å². The van der Waals surface area contributed by atoms with Gasteiger partial charge in [-0.15, -0.1) is 11.6 Å². The van der Waals surface area contributed by atoms with Crippen LogP contribution in [-0.4, -0.2) is 15.7 Å². The third-order valence-electron chi connectivity index (χ3n) is 2.67. The van der Waals surface area contributed by atoms with Gasteiger partial charge in [-0.05, 0) is 5.56 Å². The van der Waals surface area contributed by atoms with Gasteiger partial charge in [0.1, 0.15) is 0 Å². The van der Waals surface area contributed by atoms with Gasteiger partial charge in [-0.1, -0.05) is 30.3 Å². The highest BCUT2D eigenvalue weighted by atomic mass is 35.5. The number of benzene rings is 1. The average Bonchev–Trinajstić information content (AvgIpc) is 2.77. The van der Waals surface area contributed by atoms with E-state index in [1.54, 1.807) is 4.68 Å². The zero-order chi connectivity index (χ0) is 12.1. The highest BCUT2D eigenvalue weighted by molar-refractivity contribution is 6.18. The molecule has 17 heavy (non-hydrogen) atoms. The van der Waals surface area contributed by atoms with Crippen LogP contribution in [0.5, 0.6) is 0 Å². The first-order valence-corrected chi connectivity index (χ1v) is 6.15. The van der Waals surface area contributed by atoms with Crippen LogP contribution in [0.4, 0.5) is 0 Å². The van der Waals surface area contributed by atoms with Crippen molar-refractivity contribution in [2.24, 2.45) is 7.05 Å². The first kappa shape index (κ1) is 12.1. The molecule has 1 N–H and O–H groups in total. The molecule has 0 saturated carbocycles. The summed E-state index contributed by atoms with van der Waals surface area (Å²) in [6.45, 7) is 0.778. The molecule has 2 rings (SSSR count). The van der Waals surface area contributed by atoms with E-state index in [2.05, 4.69) is 22.5 Å². The lowest BCUT2D eigenvalue weighted by atomic mass is 10.1. The van der Waals surface area contributed by atoms with Gasteiger partial charge in [0.25, 0.3) is 0 Å². The molecule has 1 aromatic heterocycles. The van der Waals surface area contributed by atoms with Crippen LogP contribution in [0.2, 0.25) is 0 Å². The molecular weight excluding hydrogens is 234 g/mol. The Labute approximate surface area is 106 Å². The lowest BCUT2D eigenvalue weighted by molar-refractivity contribution is 0.579. The number of aromatic nitrogens is 2. The largest absolute Gasteiger partial charge is 0.305 e. The van der Waals surface area contributed by atoms with Crippen molar-refractivity contribution in [3.8, 4) is 0 Å². The van der Waals surface area contributed by atoms with Crippen molar-refractivity contribution in [3.05, 3.63) is 53.9 Å². The van der Waals surface area contributed by atoms with Crippen molar-refractivity contribution < 1.29 is 0 Å². The molecule has 0 amide bonds. The van der Waals surface area contributed by atoms with Crippen LogP contribution in [0.15, 0.2) is 42.7 Å². The first-order valence-electron chi connectivity index (χ1n) is 5.61. The summed E-state index contributed by atoms with van der Waals surface area (Å²) in [6.07, 6.45) is 3.87. The fourth-order valence-corrected chi connectivity index (χ4v) is 2.04. The molecule has 0 spiro atoms. The number of nitrogens with one attached hydrogen (secondary N) is 1. The number of hydrogen-bond donors (Lipinski definition) is 1. The summed E-state index contributed by atoms with van der Waals surface area (Å²) in [5.41, 5.74) is 2.38. The summed E-state index contributed by atoms with van der Waals surface area (Å²) < 4.78 is 1.80. The van der Waals surface area contributed by atoms with Gasteiger partial charge in [0.2, 0.25) is 0 Å². The van der Waals surface area contributed by atoms with Crippen molar-refractivity contribution in [2.45, 2.75) is 12.6 Å². The number of hydrogen-bond acceptors (Lipinski definition) is 2. The van der Waals surface area contributed by atoms with Gasteiger partial charge in [-0.3, -0.25) is 4.68 Å². The molecule has 1 aromatic carbocycles. The van der Waals surface area contributed by atoms with Crippen molar-refractivity contribution in [3.63, 3.8) is 0 Å². The molecule has 0 fully saturated rings. The minimum Gasteiger partial charge on any atom is -0.305 e. The molecule has 1 heterocycles. The van der Waals surface area contributed by atoms with Crippen LogP contribution in [0.25, 0.3) is 0 Å². The van der Waals surface area contributed by atoms with Crippen LogP contribution in [0.3, 0.4) is 0 Å². The van der Waals surface area contributed by atoms with Crippen molar-refractivity contribution in [2.75, 3.05) is 5.88 Å². The van der Waals surface area contributed by atoms with E-state index in [0.29, 0.717) is 5.88 Å². The van der Waals surface area contributed by atoms with Crippen molar-refractivity contribution in [1.82, 2.24) is 15.1 Å². The molecular formula is C13H16ClN3. The summed E-state index contributed by atoms with van der Waals surface area (Å²) in [5.74, 6) is 0.560. The normalized spacial score (nSPS) is 12.6. The molecule has 0 radical (unpaired) electrons. The Morgan fingerprint density at radius 1 is 1.35 bits per heavy atom. The lowest BCUT2D eigenvalue weighted by Gasteiger charge is -2.15. The SMILES string of the molecule is Cn1cc(CNC(CCl)c2ccccc2)cn1. The number of rotatable bonds is 5. The van der Waals surface area contributed by atoms with Gasteiger partial charge in [-0.2, -0.15) is 5.10 Å². The van der Waals surface area contributed by atoms with Crippen molar-refractivity contribution >= 4 is 11.6 Å². The zero-order valence-corrected chi connectivity index (χ0v) is 10.6. The molecule has 0 aliphatic rings. The summed E-state index contributed by atoms with van der Waals surface area (Å²) in [5, 5.41) is 7.57. The molecule has 3 nitrogen and oxygen atoms in total. The summed E-state index contributed by atoms with van der Waals surface area (Å²) in [6, 6.07) is 10.4. The third kappa shape index (κ3) is 3.32. The van der Waals surface area contributed by atoms with Crippen LogP contribution < -0.4 is 5.32 Å². The second-order valence-electron chi connectivity index (χ2n) is 4.02. The molecule has 2 aromatic rings. The fraction of sp³-hybridized carbons (Fsp3) is 0.308. The average molecular weight is 250 g/mol. The van der Waals surface area contributed by atoms with E-state index in [1.807, 2.05) is 37.6 Å². The van der Waals surface area contributed by atoms with Gasteiger partial charge in [-0.25, -0.2) is 0 Å². The Bertz CT molecular complexity index is 453. The molecule has 0 bridgehead atoms.